The van der Waals surface area contributed by atoms with Gasteiger partial charge in [0.25, 0.3) is 5.91 Å². The van der Waals surface area contributed by atoms with E-state index in [0.29, 0.717) is 23.1 Å². The quantitative estimate of drug-likeness (QED) is 0.537. The van der Waals surface area contributed by atoms with Crippen LogP contribution in [-0.2, 0) is 23.0 Å². The first-order valence-corrected chi connectivity index (χ1v) is 12.7. The largest absolute Gasteiger partial charge is 0.454 e. The summed E-state index contributed by atoms with van der Waals surface area (Å²) in [6.07, 6.45) is 1.67. The summed E-state index contributed by atoms with van der Waals surface area (Å²) < 4.78 is 35.8. The van der Waals surface area contributed by atoms with Gasteiger partial charge in [-0.15, -0.1) is 11.3 Å². The predicted octanol–water partition coefficient (Wildman–Crippen LogP) is 3.12. The molecule has 1 aliphatic rings. The Hall–Kier alpha value is -3.11. The number of carbonyl (C=O) groups excluding carboxylic acids is 1. The number of sulfonamides is 1. The summed E-state index contributed by atoms with van der Waals surface area (Å²) in [5, 5.41) is 0.658. The Morgan fingerprint density at radius 1 is 1.12 bits per heavy atom. The number of anilines is 1. The van der Waals surface area contributed by atoms with Gasteiger partial charge in [-0.2, -0.15) is 0 Å². The SMILES string of the molecule is Cc1sc(N(CCc2ccc3c(c2)OCO3)Cc2ccccc2)nc1C(=O)NS(C)(=O)=O. The molecule has 10 heteroatoms. The summed E-state index contributed by atoms with van der Waals surface area (Å²) in [6.45, 7) is 3.24. The normalized spacial score (nSPS) is 12.6. The van der Waals surface area contributed by atoms with E-state index in [4.69, 9.17) is 9.47 Å². The molecule has 2 heterocycles. The molecule has 168 valence electrons. The van der Waals surface area contributed by atoms with Gasteiger partial charge in [0.2, 0.25) is 16.8 Å². The van der Waals surface area contributed by atoms with Crippen molar-refractivity contribution < 1.29 is 22.7 Å². The molecule has 0 unspecified atom stereocenters. The van der Waals surface area contributed by atoms with Gasteiger partial charge in [0.05, 0.1) is 6.26 Å². The van der Waals surface area contributed by atoms with Gasteiger partial charge in [0.15, 0.2) is 16.6 Å². The molecule has 0 aliphatic carbocycles. The minimum atomic E-state index is -3.67. The van der Waals surface area contributed by atoms with Gasteiger partial charge < -0.3 is 14.4 Å². The molecule has 32 heavy (non-hydrogen) atoms. The fourth-order valence-electron chi connectivity index (χ4n) is 3.35. The Balaban J connectivity index is 1.57. The van der Waals surface area contributed by atoms with Crippen LogP contribution in [0, 0.1) is 6.92 Å². The van der Waals surface area contributed by atoms with Crippen LogP contribution < -0.4 is 19.1 Å². The van der Waals surface area contributed by atoms with Crippen LogP contribution in [0.2, 0.25) is 0 Å². The van der Waals surface area contributed by atoms with Crippen molar-refractivity contribution in [3.8, 4) is 11.5 Å². The molecule has 1 amide bonds. The highest BCUT2D eigenvalue weighted by molar-refractivity contribution is 7.89. The Bertz CT molecular complexity index is 1230. The van der Waals surface area contributed by atoms with E-state index in [1.165, 1.54) is 11.3 Å². The first kappa shape index (κ1) is 22.1. The van der Waals surface area contributed by atoms with Crippen LogP contribution >= 0.6 is 11.3 Å². The number of hydrogen-bond donors (Lipinski definition) is 1. The third-order valence-corrected chi connectivity index (χ3v) is 6.46. The first-order valence-electron chi connectivity index (χ1n) is 9.95. The number of hydrogen-bond acceptors (Lipinski definition) is 8. The monoisotopic (exact) mass is 473 g/mol. The lowest BCUT2D eigenvalue weighted by Gasteiger charge is -2.22. The number of aryl methyl sites for hydroxylation is 1. The Morgan fingerprint density at radius 2 is 1.88 bits per heavy atom. The highest BCUT2D eigenvalue weighted by Crippen LogP contribution is 2.33. The molecule has 0 saturated carbocycles. The minimum Gasteiger partial charge on any atom is -0.454 e. The molecule has 4 rings (SSSR count). The number of nitrogens with zero attached hydrogens (tertiary/aromatic N) is 2. The van der Waals surface area contributed by atoms with E-state index in [0.717, 1.165) is 35.3 Å². The lowest BCUT2D eigenvalue weighted by molar-refractivity contribution is 0.0977. The topological polar surface area (TPSA) is 97.8 Å². The summed E-state index contributed by atoms with van der Waals surface area (Å²) in [6, 6.07) is 15.9. The highest BCUT2D eigenvalue weighted by atomic mass is 32.2. The zero-order valence-electron chi connectivity index (χ0n) is 17.7. The fourth-order valence-corrected chi connectivity index (χ4v) is 4.72. The van der Waals surface area contributed by atoms with Crippen LogP contribution in [0.5, 0.6) is 11.5 Å². The van der Waals surface area contributed by atoms with Crippen LogP contribution in [-0.4, -0.2) is 38.9 Å². The van der Waals surface area contributed by atoms with Crippen LogP contribution in [0.4, 0.5) is 5.13 Å². The molecule has 1 N–H and O–H groups in total. The number of aromatic nitrogens is 1. The second kappa shape index (κ2) is 9.17. The maximum atomic E-state index is 12.4. The van der Waals surface area contributed by atoms with E-state index in [1.807, 2.05) is 53.3 Å². The van der Waals surface area contributed by atoms with E-state index in [1.54, 1.807) is 6.92 Å². The average molecular weight is 474 g/mol. The third kappa shape index (κ3) is 5.38. The number of fused-ring (bicyclic) bond motifs is 1. The molecule has 8 nitrogen and oxygen atoms in total. The molecule has 0 fully saturated rings. The third-order valence-electron chi connectivity index (χ3n) is 4.87. The number of thiazole rings is 1. The first-order chi connectivity index (χ1) is 15.3. The lowest BCUT2D eigenvalue weighted by Crippen LogP contribution is -2.30. The Labute approximate surface area is 190 Å². The maximum Gasteiger partial charge on any atom is 0.284 e. The zero-order valence-corrected chi connectivity index (χ0v) is 19.3. The van der Waals surface area contributed by atoms with Crippen LogP contribution in [0.1, 0.15) is 26.5 Å². The van der Waals surface area contributed by atoms with Gasteiger partial charge in [0, 0.05) is 18.0 Å². The molecule has 1 aliphatic heterocycles. The van der Waals surface area contributed by atoms with E-state index >= 15 is 0 Å². The second-order valence-electron chi connectivity index (χ2n) is 7.45. The number of benzene rings is 2. The van der Waals surface area contributed by atoms with Crippen molar-refractivity contribution in [3.05, 3.63) is 70.2 Å². The molecule has 3 aromatic rings. The average Bonchev–Trinajstić information content (AvgIpc) is 3.36. The van der Waals surface area contributed by atoms with Crippen molar-refractivity contribution in [2.45, 2.75) is 19.9 Å². The number of ether oxygens (including phenoxy) is 2. The summed E-state index contributed by atoms with van der Waals surface area (Å²) in [4.78, 5) is 19.6. The molecule has 0 bridgehead atoms. The molecular formula is C22H23N3O5S2. The molecular weight excluding hydrogens is 450 g/mol. The van der Waals surface area contributed by atoms with E-state index in [-0.39, 0.29) is 12.5 Å². The summed E-state index contributed by atoms with van der Waals surface area (Å²) >= 11 is 1.37. The zero-order chi connectivity index (χ0) is 22.7. The van der Waals surface area contributed by atoms with Crippen LogP contribution in [0.15, 0.2) is 48.5 Å². The number of carbonyl (C=O) groups is 1. The van der Waals surface area contributed by atoms with E-state index < -0.39 is 15.9 Å². The summed E-state index contributed by atoms with van der Waals surface area (Å²) in [5.41, 5.74) is 2.32. The Morgan fingerprint density at radius 3 is 2.62 bits per heavy atom. The van der Waals surface area contributed by atoms with Crippen molar-refractivity contribution >= 4 is 32.4 Å². The minimum absolute atomic E-state index is 0.122. The van der Waals surface area contributed by atoms with Crippen molar-refractivity contribution in [2.24, 2.45) is 0 Å². The van der Waals surface area contributed by atoms with Crippen LogP contribution in [0.25, 0.3) is 0 Å². The number of rotatable bonds is 8. The molecule has 2 aromatic carbocycles. The van der Waals surface area contributed by atoms with Crippen molar-refractivity contribution in [1.29, 1.82) is 0 Å². The molecule has 0 atom stereocenters. The molecule has 1 aromatic heterocycles. The standard InChI is InChI=1S/C22H23N3O5S2/c1-15-20(21(26)24-32(2,27)28)23-22(31-15)25(13-17-6-4-3-5-7-17)11-10-16-8-9-18-19(12-16)30-14-29-18/h3-9,12H,10-11,13-14H2,1-2H3,(H,24,26). The number of nitrogens with one attached hydrogen (secondary N) is 1. The van der Waals surface area contributed by atoms with E-state index in [2.05, 4.69) is 9.88 Å². The van der Waals surface area contributed by atoms with Gasteiger partial charge in [-0.3, -0.25) is 4.79 Å². The second-order valence-corrected chi connectivity index (χ2v) is 10.4. The maximum absolute atomic E-state index is 12.4. The van der Waals surface area contributed by atoms with Gasteiger partial charge in [-0.1, -0.05) is 36.4 Å². The highest BCUT2D eigenvalue weighted by Gasteiger charge is 2.22. The van der Waals surface area contributed by atoms with Crippen LogP contribution in [0.3, 0.4) is 0 Å². The lowest BCUT2D eigenvalue weighted by atomic mass is 10.1. The molecule has 0 saturated heterocycles. The van der Waals surface area contributed by atoms with Crippen molar-refractivity contribution in [3.63, 3.8) is 0 Å². The smallest absolute Gasteiger partial charge is 0.284 e. The molecule has 0 spiro atoms. The molecule has 0 radical (unpaired) electrons. The fraction of sp³-hybridized carbons (Fsp3) is 0.273. The summed E-state index contributed by atoms with van der Waals surface area (Å²) in [5.74, 6) is 0.761. The predicted molar refractivity (Wildman–Crippen MR) is 123 cm³/mol. The van der Waals surface area contributed by atoms with Crippen molar-refractivity contribution in [2.75, 3.05) is 24.5 Å². The van der Waals surface area contributed by atoms with Crippen molar-refractivity contribution in [1.82, 2.24) is 9.71 Å². The summed E-state index contributed by atoms with van der Waals surface area (Å²) in [7, 11) is -3.67. The van der Waals surface area contributed by atoms with Gasteiger partial charge in [-0.25, -0.2) is 18.1 Å². The Kier molecular flexibility index (Phi) is 6.33. The van der Waals surface area contributed by atoms with E-state index in [9.17, 15) is 13.2 Å². The number of amides is 1. The van der Waals surface area contributed by atoms with Gasteiger partial charge in [0.1, 0.15) is 5.69 Å². The van der Waals surface area contributed by atoms with Gasteiger partial charge in [-0.05, 0) is 36.6 Å². The van der Waals surface area contributed by atoms with Gasteiger partial charge >= 0.3 is 0 Å².